The van der Waals surface area contributed by atoms with Crippen LogP contribution >= 0.6 is 11.3 Å². The van der Waals surface area contributed by atoms with Crippen molar-refractivity contribution in [3.05, 3.63) is 28.5 Å². The van der Waals surface area contributed by atoms with Crippen LogP contribution in [0.15, 0.2) is 28.6 Å². The van der Waals surface area contributed by atoms with Crippen LogP contribution in [0.3, 0.4) is 0 Å². The molecule has 19 heavy (non-hydrogen) atoms. The zero-order valence-electron chi connectivity index (χ0n) is 11.6. The van der Waals surface area contributed by atoms with Crippen LogP contribution < -0.4 is 0 Å². The molecule has 0 radical (unpaired) electrons. The fourth-order valence-corrected chi connectivity index (χ4v) is 3.47. The molecule has 0 saturated heterocycles. The molecule has 0 aliphatic carbocycles. The number of carbonyl (C=O) groups excluding carboxylic acids is 1. The first kappa shape index (κ1) is 14.0. The molecule has 0 aromatic carbocycles. The van der Waals surface area contributed by atoms with E-state index in [1.54, 1.807) is 11.3 Å². The minimum atomic E-state index is -0.709. The van der Waals surface area contributed by atoms with E-state index in [2.05, 4.69) is 17.1 Å². The summed E-state index contributed by atoms with van der Waals surface area (Å²) >= 11 is 1.65. The van der Waals surface area contributed by atoms with Gasteiger partial charge < -0.3 is 4.74 Å². The first-order valence-electron chi connectivity index (χ1n) is 6.60. The van der Waals surface area contributed by atoms with Crippen LogP contribution in [0.25, 0.3) is 5.57 Å². The summed E-state index contributed by atoms with van der Waals surface area (Å²) in [6.45, 7) is 6.82. The molecular weight excluding hydrogens is 258 g/mol. The number of thiophene rings is 1. The monoisotopic (exact) mass is 277 g/mol. The molecule has 2 heterocycles. The van der Waals surface area contributed by atoms with E-state index in [0.29, 0.717) is 19.6 Å². The lowest BCUT2D eigenvalue weighted by Crippen LogP contribution is -2.41. The molecule has 0 fully saturated rings. The standard InChI is InChI=1S/C15H19NO2S/c1-4-15(14(17)18-5-2)11(3)16-9-8-12(15)13-7-6-10-19-13/h6-8,10H,4-5,9H2,1-3H3. The normalized spacial score (nSPS) is 22.7. The van der Waals surface area contributed by atoms with Crippen molar-refractivity contribution in [2.75, 3.05) is 13.2 Å². The third-order valence-corrected chi connectivity index (χ3v) is 4.55. The summed E-state index contributed by atoms with van der Waals surface area (Å²) in [4.78, 5) is 18.1. The zero-order valence-corrected chi connectivity index (χ0v) is 12.4. The van der Waals surface area contributed by atoms with Gasteiger partial charge >= 0.3 is 5.97 Å². The van der Waals surface area contributed by atoms with Crippen molar-refractivity contribution >= 4 is 28.6 Å². The van der Waals surface area contributed by atoms with E-state index in [1.165, 1.54) is 0 Å². The van der Waals surface area contributed by atoms with Crippen LogP contribution in [0.5, 0.6) is 0 Å². The van der Waals surface area contributed by atoms with Crippen molar-refractivity contribution in [1.29, 1.82) is 0 Å². The number of carbonyl (C=O) groups is 1. The molecule has 4 heteroatoms. The van der Waals surface area contributed by atoms with Crippen LogP contribution in [0.2, 0.25) is 0 Å². The number of hydrogen-bond acceptors (Lipinski definition) is 4. The number of ether oxygens (including phenoxy) is 1. The third-order valence-electron chi connectivity index (χ3n) is 3.64. The van der Waals surface area contributed by atoms with E-state index in [9.17, 15) is 4.79 Å². The maximum absolute atomic E-state index is 12.5. The van der Waals surface area contributed by atoms with E-state index in [0.717, 1.165) is 16.2 Å². The fourth-order valence-electron chi connectivity index (χ4n) is 2.62. The summed E-state index contributed by atoms with van der Waals surface area (Å²) in [6.07, 6.45) is 2.73. The molecule has 0 saturated carbocycles. The van der Waals surface area contributed by atoms with Crippen molar-refractivity contribution < 1.29 is 9.53 Å². The predicted molar refractivity (Wildman–Crippen MR) is 79.6 cm³/mol. The van der Waals surface area contributed by atoms with E-state index in [-0.39, 0.29) is 5.97 Å². The Bertz CT molecular complexity index is 516. The van der Waals surface area contributed by atoms with Crippen molar-refractivity contribution in [1.82, 2.24) is 0 Å². The van der Waals surface area contributed by atoms with Gasteiger partial charge in [0.05, 0.1) is 13.2 Å². The minimum Gasteiger partial charge on any atom is -0.465 e. The van der Waals surface area contributed by atoms with E-state index in [1.807, 2.05) is 32.2 Å². The van der Waals surface area contributed by atoms with Crippen LogP contribution in [0, 0.1) is 5.41 Å². The molecule has 102 valence electrons. The fraction of sp³-hybridized carbons (Fsp3) is 0.467. The molecule has 0 N–H and O–H groups in total. The van der Waals surface area contributed by atoms with Gasteiger partial charge in [-0.25, -0.2) is 0 Å². The van der Waals surface area contributed by atoms with Gasteiger partial charge in [0.1, 0.15) is 5.41 Å². The SMILES string of the molecule is CCOC(=O)C1(CC)C(c2cccs2)=CCN=C1C. The van der Waals surface area contributed by atoms with E-state index >= 15 is 0 Å². The van der Waals surface area contributed by atoms with Gasteiger partial charge in [0.2, 0.25) is 0 Å². The highest BCUT2D eigenvalue weighted by Gasteiger charge is 2.46. The first-order valence-corrected chi connectivity index (χ1v) is 7.48. The second-order valence-corrected chi connectivity index (χ2v) is 5.45. The molecule has 1 aromatic rings. The Labute approximate surface area is 118 Å². The zero-order chi connectivity index (χ0) is 13.9. The maximum Gasteiger partial charge on any atom is 0.322 e. The topological polar surface area (TPSA) is 38.7 Å². The number of rotatable bonds is 4. The highest BCUT2D eigenvalue weighted by molar-refractivity contribution is 7.11. The molecule has 1 aliphatic heterocycles. The summed E-state index contributed by atoms with van der Waals surface area (Å²) in [5, 5.41) is 2.03. The van der Waals surface area contributed by atoms with E-state index < -0.39 is 5.41 Å². The molecule has 1 atom stereocenters. The van der Waals surface area contributed by atoms with Gasteiger partial charge in [-0.15, -0.1) is 11.3 Å². The van der Waals surface area contributed by atoms with Crippen molar-refractivity contribution in [3.63, 3.8) is 0 Å². The molecule has 0 amide bonds. The average molecular weight is 277 g/mol. The summed E-state index contributed by atoms with van der Waals surface area (Å²) < 4.78 is 5.32. The van der Waals surface area contributed by atoms with Gasteiger partial charge in [0.25, 0.3) is 0 Å². The molecule has 1 aromatic heterocycles. The number of hydrogen-bond donors (Lipinski definition) is 0. The minimum absolute atomic E-state index is 0.182. The lowest BCUT2D eigenvalue weighted by atomic mass is 9.72. The molecule has 0 bridgehead atoms. The van der Waals surface area contributed by atoms with Crippen molar-refractivity contribution in [2.45, 2.75) is 27.2 Å². The van der Waals surface area contributed by atoms with Crippen LogP contribution in [0.1, 0.15) is 32.1 Å². The van der Waals surface area contributed by atoms with Gasteiger partial charge in [-0.2, -0.15) is 0 Å². The molecule has 1 unspecified atom stereocenters. The quantitative estimate of drug-likeness (QED) is 0.789. The lowest BCUT2D eigenvalue weighted by molar-refractivity contribution is -0.148. The highest BCUT2D eigenvalue weighted by atomic mass is 32.1. The number of nitrogens with zero attached hydrogens (tertiary/aromatic N) is 1. The molecule has 0 spiro atoms. The van der Waals surface area contributed by atoms with Gasteiger partial charge in [0.15, 0.2) is 0 Å². The summed E-state index contributed by atoms with van der Waals surface area (Å²) in [5.41, 5.74) is 1.20. The second kappa shape index (κ2) is 5.70. The summed E-state index contributed by atoms with van der Waals surface area (Å²) in [5.74, 6) is -0.182. The maximum atomic E-state index is 12.5. The third kappa shape index (κ3) is 2.25. The van der Waals surface area contributed by atoms with E-state index in [4.69, 9.17) is 4.74 Å². The highest BCUT2D eigenvalue weighted by Crippen LogP contribution is 2.44. The lowest BCUT2D eigenvalue weighted by Gasteiger charge is -2.34. The van der Waals surface area contributed by atoms with Gasteiger partial charge in [-0.05, 0) is 37.3 Å². The molecule has 2 rings (SSSR count). The number of esters is 1. The Morgan fingerprint density at radius 2 is 2.32 bits per heavy atom. The first-order chi connectivity index (χ1) is 9.16. The Morgan fingerprint density at radius 3 is 2.89 bits per heavy atom. The van der Waals surface area contributed by atoms with Crippen LogP contribution in [-0.4, -0.2) is 24.8 Å². The van der Waals surface area contributed by atoms with Crippen LogP contribution in [-0.2, 0) is 9.53 Å². The van der Waals surface area contributed by atoms with Gasteiger partial charge in [-0.3, -0.25) is 9.79 Å². The van der Waals surface area contributed by atoms with Crippen LogP contribution in [0.4, 0.5) is 0 Å². The van der Waals surface area contributed by atoms with Gasteiger partial charge in [0, 0.05) is 10.6 Å². The average Bonchev–Trinajstić information content (AvgIpc) is 2.92. The van der Waals surface area contributed by atoms with Gasteiger partial charge in [-0.1, -0.05) is 19.1 Å². The largest absolute Gasteiger partial charge is 0.465 e. The smallest absolute Gasteiger partial charge is 0.322 e. The Morgan fingerprint density at radius 1 is 1.53 bits per heavy atom. The van der Waals surface area contributed by atoms with Crippen molar-refractivity contribution in [3.8, 4) is 0 Å². The molecular formula is C15H19NO2S. The number of dihydropyridines is 1. The Balaban J connectivity index is 2.51. The van der Waals surface area contributed by atoms with Crippen molar-refractivity contribution in [2.24, 2.45) is 10.4 Å². The molecule has 3 nitrogen and oxygen atoms in total. The second-order valence-electron chi connectivity index (χ2n) is 4.50. The summed E-state index contributed by atoms with van der Waals surface area (Å²) in [7, 11) is 0. The Kier molecular flexibility index (Phi) is 4.20. The molecule has 1 aliphatic rings. The Hall–Kier alpha value is -1.42. The predicted octanol–water partition coefficient (Wildman–Crippen LogP) is 3.57. The summed E-state index contributed by atoms with van der Waals surface area (Å²) in [6, 6.07) is 4.06. The number of aliphatic imine (C=N–C) groups is 1.